The Morgan fingerprint density at radius 1 is 1.38 bits per heavy atom. The summed E-state index contributed by atoms with van der Waals surface area (Å²) in [6.07, 6.45) is 1.34. The van der Waals surface area contributed by atoms with Gasteiger partial charge >= 0.3 is 0 Å². The van der Waals surface area contributed by atoms with E-state index < -0.39 is 0 Å². The van der Waals surface area contributed by atoms with Crippen molar-refractivity contribution in [1.29, 1.82) is 0 Å². The maximum Gasteiger partial charge on any atom is 0.220 e. The molecule has 3 nitrogen and oxygen atoms in total. The Morgan fingerprint density at radius 2 is 2.00 bits per heavy atom. The van der Waals surface area contributed by atoms with Gasteiger partial charge in [-0.05, 0) is 24.8 Å². The molecule has 0 fully saturated rings. The van der Waals surface area contributed by atoms with E-state index >= 15 is 0 Å². The normalized spacial score (nSPS) is 13.0. The molecular formula is C10H22N2O. The molecule has 0 aromatic rings. The molecule has 0 aliphatic rings. The largest absolute Gasteiger partial charge is 0.356 e. The van der Waals surface area contributed by atoms with Crippen molar-refractivity contribution in [2.24, 2.45) is 17.6 Å². The summed E-state index contributed by atoms with van der Waals surface area (Å²) in [6.45, 7) is 7.84. The lowest BCUT2D eigenvalue weighted by Crippen LogP contribution is -2.30. The Morgan fingerprint density at radius 3 is 2.46 bits per heavy atom. The molecule has 0 spiro atoms. The summed E-state index contributed by atoms with van der Waals surface area (Å²) in [5.41, 5.74) is 5.30. The molecule has 0 saturated carbocycles. The van der Waals surface area contributed by atoms with Gasteiger partial charge in [0.15, 0.2) is 0 Å². The molecule has 1 amide bonds. The van der Waals surface area contributed by atoms with E-state index in [9.17, 15) is 4.79 Å². The standard InChI is InChI=1S/C10H22N2O/c1-8(2)9(3)7-12-10(13)5-4-6-11/h8-9H,4-7,11H2,1-3H3,(H,12,13). The van der Waals surface area contributed by atoms with Crippen molar-refractivity contribution in [3.8, 4) is 0 Å². The fraction of sp³-hybridized carbons (Fsp3) is 0.900. The summed E-state index contributed by atoms with van der Waals surface area (Å²) in [6, 6.07) is 0. The van der Waals surface area contributed by atoms with Crippen molar-refractivity contribution in [2.45, 2.75) is 33.6 Å². The molecule has 0 aromatic heterocycles. The quantitative estimate of drug-likeness (QED) is 0.653. The lowest BCUT2D eigenvalue weighted by molar-refractivity contribution is -0.121. The highest BCUT2D eigenvalue weighted by Crippen LogP contribution is 2.07. The molecule has 0 aliphatic heterocycles. The van der Waals surface area contributed by atoms with Gasteiger partial charge in [-0.2, -0.15) is 0 Å². The Bertz CT molecular complexity index is 146. The Kier molecular flexibility index (Phi) is 6.59. The van der Waals surface area contributed by atoms with Crippen molar-refractivity contribution < 1.29 is 4.79 Å². The van der Waals surface area contributed by atoms with Crippen LogP contribution in [0.4, 0.5) is 0 Å². The van der Waals surface area contributed by atoms with E-state index in [2.05, 4.69) is 26.1 Å². The zero-order valence-electron chi connectivity index (χ0n) is 8.97. The highest BCUT2D eigenvalue weighted by Gasteiger charge is 2.08. The molecule has 0 heterocycles. The molecule has 0 saturated heterocycles. The van der Waals surface area contributed by atoms with Gasteiger partial charge in [-0.25, -0.2) is 0 Å². The SMILES string of the molecule is CC(C)C(C)CNC(=O)CCCN. The minimum Gasteiger partial charge on any atom is -0.356 e. The number of hydrogen-bond donors (Lipinski definition) is 2. The van der Waals surface area contributed by atoms with E-state index in [0.717, 1.165) is 13.0 Å². The van der Waals surface area contributed by atoms with Crippen molar-refractivity contribution in [2.75, 3.05) is 13.1 Å². The van der Waals surface area contributed by atoms with E-state index in [4.69, 9.17) is 5.73 Å². The first-order valence-corrected chi connectivity index (χ1v) is 5.04. The van der Waals surface area contributed by atoms with Crippen LogP contribution in [0, 0.1) is 11.8 Å². The maximum atomic E-state index is 11.2. The second-order valence-corrected chi connectivity index (χ2v) is 3.92. The van der Waals surface area contributed by atoms with Crippen LogP contribution in [0.3, 0.4) is 0 Å². The summed E-state index contributed by atoms with van der Waals surface area (Å²) >= 11 is 0. The second-order valence-electron chi connectivity index (χ2n) is 3.92. The topological polar surface area (TPSA) is 55.1 Å². The summed E-state index contributed by atoms with van der Waals surface area (Å²) in [4.78, 5) is 11.2. The molecule has 13 heavy (non-hydrogen) atoms. The van der Waals surface area contributed by atoms with Gasteiger partial charge in [-0.15, -0.1) is 0 Å². The van der Waals surface area contributed by atoms with Crippen molar-refractivity contribution in [1.82, 2.24) is 5.32 Å². The minimum atomic E-state index is 0.123. The molecule has 0 bridgehead atoms. The molecule has 0 rings (SSSR count). The first kappa shape index (κ1) is 12.4. The van der Waals surface area contributed by atoms with Crippen LogP contribution in [0.15, 0.2) is 0 Å². The zero-order chi connectivity index (χ0) is 10.3. The highest BCUT2D eigenvalue weighted by atomic mass is 16.1. The lowest BCUT2D eigenvalue weighted by atomic mass is 9.98. The van der Waals surface area contributed by atoms with Crippen LogP contribution in [0.5, 0.6) is 0 Å². The predicted octanol–water partition coefficient (Wildman–Crippen LogP) is 1.13. The number of carbonyl (C=O) groups excluding carboxylic acids is 1. The average Bonchev–Trinajstić information content (AvgIpc) is 2.10. The van der Waals surface area contributed by atoms with Gasteiger partial charge in [0.1, 0.15) is 0 Å². The van der Waals surface area contributed by atoms with Crippen LogP contribution in [-0.2, 0) is 4.79 Å². The Hall–Kier alpha value is -0.570. The minimum absolute atomic E-state index is 0.123. The predicted molar refractivity (Wildman–Crippen MR) is 55.3 cm³/mol. The van der Waals surface area contributed by atoms with Gasteiger partial charge in [0.2, 0.25) is 5.91 Å². The second kappa shape index (κ2) is 6.89. The molecule has 3 N–H and O–H groups in total. The molecule has 0 aromatic carbocycles. The fourth-order valence-electron chi connectivity index (χ4n) is 0.862. The van der Waals surface area contributed by atoms with E-state index in [-0.39, 0.29) is 5.91 Å². The van der Waals surface area contributed by atoms with E-state index in [1.54, 1.807) is 0 Å². The Labute approximate surface area is 81.1 Å². The fourth-order valence-corrected chi connectivity index (χ4v) is 0.862. The monoisotopic (exact) mass is 186 g/mol. The van der Waals surface area contributed by atoms with Gasteiger partial charge in [0, 0.05) is 13.0 Å². The van der Waals surface area contributed by atoms with Crippen LogP contribution >= 0.6 is 0 Å². The first-order chi connectivity index (χ1) is 6.07. The summed E-state index contributed by atoms with van der Waals surface area (Å²) in [7, 11) is 0. The number of amides is 1. The van der Waals surface area contributed by atoms with E-state index in [1.165, 1.54) is 0 Å². The van der Waals surface area contributed by atoms with Gasteiger partial charge in [0.25, 0.3) is 0 Å². The number of nitrogens with two attached hydrogens (primary N) is 1. The van der Waals surface area contributed by atoms with Crippen LogP contribution < -0.4 is 11.1 Å². The molecule has 78 valence electrons. The molecular weight excluding hydrogens is 164 g/mol. The molecule has 0 aliphatic carbocycles. The summed E-state index contributed by atoms with van der Waals surface area (Å²) in [5.74, 6) is 1.29. The van der Waals surface area contributed by atoms with Gasteiger partial charge in [0.05, 0.1) is 0 Å². The van der Waals surface area contributed by atoms with Crippen molar-refractivity contribution in [3.63, 3.8) is 0 Å². The highest BCUT2D eigenvalue weighted by molar-refractivity contribution is 5.75. The zero-order valence-corrected chi connectivity index (χ0v) is 8.97. The third kappa shape index (κ3) is 6.58. The van der Waals surface area contributed by atoms with Crippen LogP contribution in [0.25, 0.3) is 0 Å². The third-order valence-electron chi connectivity index (χ3n) is 2.37. The smallest absolute Gasteiger partial charge is 0.220 e. The Balaban J connectivity index is 3.46. The third-order valence-corrected chi connectivity index (χ3v) is 2.37. The number of rotatable bonds is 6. The van der Waals surface area contributed by atoms with E-state index in [1.807, 2.05) is 0 Å². The average molecular weight is 186 g/mol. The molecule has 1 atom stereocenters. The number of nitrogens with one attached hydrogen (secondary N) is 1. The first-order valence-electron chi connectivity index (χ1n) is 5.04. The molecule has 0 radical (unpaired) electrons. The van der Waals surface area contributed by atoms with Crippen molar-refractivity contribution in [3.05, 3.63) is 0 Å². The number of carbonyl (C=O) groups is 1. The summed E-state index contributed by atoms with van der Waals surface area (Å²) in [5, 5.41) is 2.90. The van der Waals surface area contributed by atoms with Gasteiger partial charge < -0.3 is 11.1 Å². The maximum absolute atomic E-state index is 11.2. The van der Waals surface area contributed by atoms with Gasteiger partial charge in [-0.1, -0.05) is 20.8 Å². The van der Waals surface area contributed by atoms with Crippen molar-refractivity contribution >= 4 is 5.91 Å². The van der Waals surface area contributed by atoms with E-state index in [0.29, 0.717) is 24.8 Å². The lowest BCUT2D eigenvalue weighted by Gasteiger charge is -2.15. The van der Waals surface area contributed by atoms with Crippen LogP contribution in [0.1, 0.15) is 33.6 Å². The summed E-state index contributed by atoms with van der Waals surface area (Å²) < 4.78 is 0. The number of hydrogen-bond acceptors (Lipinski definition) is 2. The van der Waals surface area contributed by atoms with Gasteiger partial charge in [-0.3, -0.25) is 4.79 Å². The van der Waals surface area contributed by atoms with Crippen LogP contribution in [-0.4, -0.2) is 19.0 Å². The van der Waals surface area contributed by atoms with Crippen LogP contribution in [0.2, 0.25) is 0 Å². The molecule has 1 unspecified atom stereocenters. The molecule has 3 heteroatoms.